The highest BCUT2D eigenvalue weighted by Crippen LogP contribution is 2.33. The Kier molecular flexibility index (Phi) is 5.67. The molecule has 19 heavy (non-hydrogen) atoms. The van der Waals surface area contributed by atoms with Crippen LogP contribution in [0.25, 0.3) is 0 Å². The summed E-state index contributed by atoms with van der Waals surface area (Å²) in [6, 6.07) is 2.10. The molecule has 3 unspecified atom stereocenters. The predicted molar refractivity (Wildman–Crippen MR) is 80.4 cm³/mol. The molecule has 1 N–H and O–H groups in total. The van der Waals surface area contributed by atoms with Crippen molar-refractivity contribution >= 4 is 0 Å². The topological polar surface area (TPSA) is 24.5 Å². The highest BCUT2D eigenvalue weighted by atomic mass is 16.5. The maximum atomic E-state index is 5.51. The van der Waals surface area contributed by atoms with Crippen molar-refractivity contribution < 1.29 is 4.74 Å². The van der Waals surface area contributed by atoms with Crippen LogP contribution in [0.4, 0.5) is 0 Å². The van der Waals surface area contributed by atoms with E-state index in [1.165, 1.54) is 32.1 Å². The van der Waals surface area contributed by atoms with Gasteiger partial charge in [0.25, 0.3) is 0 Å². The van der Waals surface area contributed by atoms with Crippen molar-refractivity contribution in [3.8, 4) is 0 Å². The summed E-state index contributed by atoms with van der Waals surface area (Å²) >= 11 is 0. The average molecular weight is 268 g/mol. The van der Waals surface area contributed by atoms with E-state index in [0.29, 0.717) is 12.1 Å². The molecule has 0 amide bonds. The van der Waals surface area contributed by atoms with Gasteiger partial charge in [-0.1, -0.05) is 13.8 Å². The first-order chi connectivity index (χ1) is 9.13. The van der Waals surface area contributed by atoms with Gasteiger partial charge in [0.05, 0.1) is 0 Å². The molecule has 0 aromatic rings. The predicted octanol–water partition coefficient (Wildman–Crippen LogP) is 2.51. The molecule has 0 bridgehead atoms. The first-order valence-electron chi connectivity index (χ1n) is 8.10. The minimum Gasteiger partial charge on any atom is -0.381 e. The third-order valence-corrected chi connectivity index (χ3v) is 5.46. The molecule has 0 aromatic carbocycles. The second-order valence-corrected chi connectivity index (χ2v) is 6.79. The molecule has 1 saturated carbocycles. The van der Waals surface area contributed by atoms with Crippen molar-refractivity contribution in [3.05, 3.63) is 0 Å². The van der Waals surface area contributed by atoms with Crippen LogP contribution in [-0.2, 0) is 4.74 Å². The van der Waals surface area contributed by atoms with E-state index in [4.69, 9.17) is 4.74 Å². The van der Waals surface area contributed by atoms with Gasteiger partial charge < -0.3 is 10.1 Å². The molecule has 0 aromatic heterocycles. The van der Waals surface area contributed by atoms with Crippen LogP contribution in [0.1, 0.15) is 46.0 Å². The number of likely N-dealkylation sites (N-methyl/N-ethyl adjacent to an activating group) is 2. The molecule has 0 spiro atoms. The zero-order chi connectivity index (χ0) is 13.8. The van der Waals surface area contributed by atoms with Crippen molar-refractivity contribution in [2.75, 3.05) is 27.3 Å². The SMILES string of the molecule is CNC1CCC(C(C)C)CC1N(C)C1CCOCC1. The van der Waals surface area contributed by atoms with Gasteiger partial charge in [-0.05, 0) is 58.0 Å². The van der Waals surface area contributed by atoms with Gasteiger partial charge in [0.15, 0.2) is 0 Å². The molecule has 3 nitrogen and oxygen atoms in total. The van der Waals surface area contributed by atoms with Gasteiger partial charge in [-0.15, -0.1) is 0 Å². The Morgan fingerprint density at radius 2 is 1.79 bits per heavy atom. The number of hydrogen-bond donors (Lipinski definition) is 1. The van der Waals surface area contributed by atoms with E-state index in [1.807, 2.05) is 0 Å². The number of nitrogens with zero attached hydrogens (tertiary/aromatic N) is 1. The third-order valence-electron chi connectivity index (χ3n) is 5.46. The Labute approximate surface area is 119 Å². The lowest BCUT2D eigenvalue weighted by atomic mass is 9.76. The zero-order valence-electron chi connectivity index (χ0n) is 13.2. The van der Waals surface area contributed by atoms with E-state index < -0.39 is 0 Å². The van der Waals surface area contributed by atoms with E-state index in [2.05, 4.69) is 38.2 Å². The van der Waals surface area contributed by atoms with E-state index >= 15 is 0 Å². The van der Waals surface area contributed by atoms with Crippen LogP contribution in [0.3, 0.4) is 0 Å². The Morgan fingerprint density at radius 3 is 2.37 bits per heavy atom. The van der Waals surface area contributed by atoms with Gasteiger partial charge in [-0.2, -0.15) is 0 Å². The quantitative estimate of drug-likeness (QED) is 0.848. The summed E-state index contributed by atoms with van der Waals surface area (Å²) < 4.78 is 5.51. The fraction of sp³-hybridized carbons (Fsp3) is 1.00. The molecule has 112 valence electrons. The summed E-state index contributed by atoms with van der Waals surface area (Å²) in [6.07, 6.45) is 6.49. The van der Waals surface area contributed by atoms with Gasteiger partial charge in [0, 0.05) is 31.3 Å². The fourth-order valence-electron chi connectivity index (χ4n) is 3.93. The molecule has 0 radical (unpaired) electrons. The molecule has 2 aliphatic rings. The Bertz CT molecular complexity index is 263. The molecule has 2 rings (SSSR count). The normalized spacial score (nSPS) is 34.1. The second kappa shape index (κ2) is 7.05. The van der Waals surface area contributed by atoms with Gasteiger partial charge in [0.1, 0.15) is 0 Å². The van der Waals surface area contributed by atoms with Crippen LogP contribution in [-0.4, -0.2) is 50.3 Å². The summed E-state index contributed by atoms with van der Waals surface area (Å²) in [7, 11) is 4.47. The van der Waals surface area contributed by atoms with Crippen LogP contribution < -0.4 is 5.32 Å². The summed E-state index contributed by atoms with van der Waals surface area (Å²) in [5.74, 6) is 1.72. The minimum atomic E-state index is 0.669. The summed E-state index contributed by atoms with van der Waals surface area (Å²) in [4.78, 5) is 2.66. The van der Waals surface area contributed by atoms with Crippen LogP contribution >= 0.6 is 0 Å². The Morgan fingerprint density at radius 1 is 1.11 bits per heavy atom. The van der Waals surface area contributed by atoms with Gasteiger partial charge in [-0.25, -0.2) is 0 Å². The van der Waals surface area contributed by atoms with Gasteiger partial charge in [0.2, 0.25) is 0 Å². The van der Waals surface area contributed by atoms with Crippen LogP contribution in [0, 0.1) is 11.8 Å². The lowest BCUT2D eigenvalue weighted by Crippen LogP contribution is -2.55. The Balaban J connectivity index is 1.99. The molecular weight excluding hydrogens is 236 g/mol. The van der Waals surface area contributed by atoms with E-state index in [0.717, 1.165) is 31.1 Å². The molecule has 3 heteroatoms. The van der Waals surface area contributed by atoms with Crippen LogP contribution in [0.15, 0.2) is 0 Å². The number of rotatable bonds is 4. The molecule has 1 heterocycles. The zero-order valence-corrected chi connectivity index (χ0v) is 13.2. The largest absolute Gasteiger partial charge is 0.381 e. The lowest BCUT2D eigenvalue weighted by Gasteiger charge is -2.46. The molecule has 2 fully saturated rings. The minimum absolute atomic E-state index is 0.669. The fourth-order valence-corrected chi connectivity index (χ4v) is 3.93. The molecule has 3 atom stereocenters. The van der Waals surface area contributed by atoms with Crippen molar-refractivity contribution in [2.45, 2.75) is 64.1 Å². The summed E-state index contributed by atoms with van der Waals surface area (Å²) in [6.45, 7) is 6.66. The highest BCUT2D eigenvalue weighted by Gasteiger charge is 2.35. The van der Waals surface area contributed by atoms with Crippen molar-refractivity contribution in [3.63, 3.8) is 0 Å². The maximum absolute atomic E-state index is 5.51. The smallest absolute Gasteiger partial charge is 0.0480 e. The number of ether oxygens (including phenoxy) is 1. The lowest BCUT2D eigenvalue weighted by molar-refractivity contribution is 0.00580. The summed E-state index contributed by atoms with van der Waals surface area (Å²) in [5, 5.41) is 3.56. The molecule has 1 aliphatic carbocycles. The highest BCUT2D eigenvalue weighted by molar-refractivity contribution is 4.92. The maximum Gasteiger partial charge on any atom is 0.0480 e. The van der Waals surface area contributed by atoms with Crippen molar-refractivity contribution in [1.82, 2.24) is 10.2 Å². The first-order valence-corrected chi connectivity index (χ1v) is 8.10. The van der Waals surface area contributed by atoms with Crippen molar-refractivity contribution in [2.24, 2.45) is 11.8 Å². The standard InChI is InChI=1S/C16H32N2O/c1-12(2)13-5-6-15(17-3)16(11-13)18(4)14-7-9-19-10-8-14/h12-17H,5-11H2,1-4H3. The summed E-state index contributed by atoms with van der Waals surface area (Å²) in [5.41, 5.74) is 0. The van der Waals surface area contributed by atoms with Crippen LogP contribution in [0.5, 0.6) is 0 Å². The van der Waals surface area contributed by atoms with E-state index in [1.54, 1.807) is 0 Å². The molecular formula is C16H32N2O. The number of nitrogens with one attached hydrogen (secondary N) is 1. The average Bonchev–Trinajstić information content (AvgIpc) is 2.46. The van der Waals surface area contributed by atoms with E-state index in [-0.39, 0.29) is 0 Å². The van der Waals surface area contributed by atoms with E-state index in [9.17, 15) is 0 Å². The van der Waals surface area contributed by atoms with Gasteiger partial charge in [-0.3, -0.25) is 4.90 Å². The van der Waals surface area contributed by atoms with Crippen LogP contribution in [0.2, 0.25) is 0 Å². The first kappa shape index (κ1) is 15.3. The Hall–Kier alpha value is -0.120. The van der Waals surface area contributed by atoms with Crippen molar-refractivity contribution in [1.29, 1.82) is 0 Å². The van der Waals surface area contributed by atoms with Gasteiger partial charge >= 0.3 is 0 Å². The monoisotopic (exact) mass is 268 g/mol. The number of hydrogen-bond acceptors (Lipinski definition) is 3. The third kappa shape index (κ3) is 3.71. The molecule has 1 saturated heterocycles. The second-order valence-electron chi connectivity index (χ2n) is 6.79. The molecule has 1 aliphatic heterocycles.